The lowest BCUT2D eigenvalue weighted by Gasteiger charge is -2.22. The van der Waals surface area contributed by atoms with Crippen LogP contribution in [0.2, 0.25) is 0 Å². The van der Waals surface area contributed by atoms with Crippen LogP contribution in [0.4, 0.5) is 4.79 Å². The van der Waals surface area contributed by atoms with Crippen LogP contribution < -0.4 is 10.6 Å². The number of nitrogens with one attached hydrogen (secondary N) is 2. The molecule has 4 nitrogen and oxygen atoms in total. The summed E-state index contributed by atoms with van der Waals surface area (Å²) in [5, 5.41) is 5.86. The molecule has 88 valence electrons. The summed E-state index contributed by atoms with van der Waals surface area (Å²) >= 11 is 0. The second-order valence-electron chi connectivity index (χ2n) is 4.40. The van der Waals surface area contributed by atoms with E-state index in [9.17, 15) is 4.79 Å². The molecular formula is C11H22N2O2. The first-order valence-electron chi connectivity index (χ1n) is 5.78. The van der Waals surface area contributed by atoms with E-state index in [0.717, 1.165) is 12.8 Å². The predicted molar refractivity (Wildman–Crippen MR) is 59.8 cm³/mol. The van der Waals surface area contributed by atoms with Gasteiger partial charge in [0.1, 0.15) is 0 Å². The van der Waals surface area contributed by atoms with E-state index < -0.39 is 0 Å². The van der Waals surface area contributed by atoms with Crippen molar-refractivity contribution in [2.75, 3.05) is 13.2 Å². The maximum absolute atomic E-state index is 11.5. The van der Waals surface area contributed by atoms with Crippen molar-refractivity contribution in [3.05, 3.63) is 0 Å². The van der Waals surface area contributed by atoms with Gasteiger partial charge in [-0.15, -0.1) is 0 Å². The molecule has 2 N–H and O–H groups in total. The molecule has 1 rings (SSSR count). The zero-order valence-electron chi connectivity index (χ0n) is 9.88. The Kier molecular flexibility index (Phi) is 4.88. The highest BCUT2D eigenvalue weighted by atomic mass is 16.5. The molecule has 0 bridgehead atoms. The largest absolute Gasteiger partial charge is 0.380 e. The molecule has 1 saturated carbocycles. The number of hydrogen-bond acceptors (Lipinski definition) is 2. The molecule has 1 unspecified atom stereocenters. The number of amides is 2. The summed E-state index contributed by atoms with van der Waals surface area (Å²) in [5.74, 6) is 0.390. The van der Waals surface area contributed by atoms with Gasteiger partial charge in [0, 0.05) is 12.6 Å². The lowest BCUT2D eigenvalue weighted by Crippen LogP contribution is -2.47. The zero-order chi connectivity index (χ0) is 11.3. The van der Waals surface area contributed by atoms with Gasteiger partial charge in [-0.1, -0.05) is 13.8 Å². The van der Waals surface area contributed by atoms with Crippen molar-refractivity contribution in [1.29, 1.82) is 0 Å². The molecule has 0 saturated heterocycles. The molecule has 15 heavy (non-hydrogen) atoms. The van der Waals surface area contributed by atoms with E-state index in [1.165, 1.54) is 0 Å². The van der Waals surface area contributed by atoms with Gasteiger partial charge in [-0.2, -0.15) is 0 Å². The van der Waals surface area contributed by atoms with Gasteiger partial charge < -0.3 is 15.4 Å². The van der Waals surface area contributed by atoms with Gasteiger partial charge in [-0.3, -0.25) is 0 Å². The molecule has 1 fully saturated rings. The van der Waals surface area contributed by atoms with Gasteiger partial charge in [0.05, 0.1) is 12.6 Å². The Bertz CT molecular complexity index is 203. The molecule has 4 heteroatoms. The Morgan fingerprint density at radius 2 is 2.13 bits per heavy atom. The topological polar surface area (TPSA) is 50.4 Å². The molecule has 0 heterocycles. The van der Waals surface area contributed by atoms with Crippen LogP contribution in [0.3, 0.4) is 0 Å². The molecule has 1 atom stereocenters. The fraction of sp³-hybridized carbons (Fsp3) is 0.909. The van der Waals surface area contributed by atoms with E-state index in [1.54, 1.807) is 0 Å². The minimum atomic E-state index is -0.0593. The highest BCUT2D eigenvalue weighted by Gasteiger charge is 2.24. The number of carbonyl (C=O) groups excluding carboxylic acids is 1. The first kappa shape index (κ1) is 12.3. The molecule has 0 aromatic carbocycles. The van der Waals surface area contributed by atoms with Crippen LogP contribution in [0, 0.1) is 5.92 Å². The van der Waals surface area contributed by atoms with Crippen LogP contribution in [-0.4, -0.2) is 31.3 Å². The van der Waals surface area contributed by atoms with Crippen molar-refractivity contribution >= 4 is 6.03 Å². The molecule has 0 aliphatic heterocycles. The van der Waals surface area contributed by atoms with Gasteiger partial charge in [-0.25, -0.2) is 4.79 Å². The first-order chi connectivity index (χ1) is 7.13. The summed E-state index contributed by atoms with van der Waals surface area (Å²) < 4.78 is 5.34. The van der Waals surface area contributed by atoms with E-state index in [1.807, 2.05) is 6.92 Å². The molecular weight excluding hydrogens is 192 g/mol. The molecule has 2 amide bonds. The third-order valence-electron chi connectivity index (χ3n) is 2.54. The predicted octanol–water partition coefficient (Wildman–Crippen LogP) is 1.51. The van der Waals surface area contributed by atoms with E-state index >= 15 is 0 Å². The number of ether oxygens (including phenoxy) is 1. The minimum Gasteiger partial charge on any atom is -0.380 e. The van der Waals surface area contributed by atoms with E-state index in [2.05, 4.69) is 24.5 Å². The van der Waals surface area contributed by atoms with Crippen LogP contribution in [0.1, 0.15) is 33.6 Å². The molecule has 0 aromatic heterocycles. The molecule has 1 aliphatic rings. The van der Waals surface area contributed by atoms with Gasteiger partial charge in [0.15, 0.2) is 0 Å². The molecule has 0 aromatic rings. The van der Waals surface area contributed by atoms with Gasteiger partial charge in [-0.05, 0) is 25.7 Å². The zero-order valence-corrected chi connectivity index (χ0v) is 9.88. The van der Waals surface area contributed by atoms with Gasteiger partial charge >= 0.3 is 6.03 Å². The quantitative estimate of drug-likeness (QED) is 0.704. The normalized spacial score (nSPS) is 17.6. The van der Waals surface area contributed by atoms with Crippen molar-refractivity contribution in [3.8, 4) is 0 Å². The lowest BCUT2D eigenvalue weighted by atomic mass is 10.1. The van der Waals surface area contributed by atoms with Crippen LogP contribution in [-0.2, 0) is 4.74 Å². The molecule has 1 aliphatic carbocycles. The SMILES string of the molecule is CCOCC(NC(=O)NC1CC1)C(C)C. The average molecular weight is 214 g/mol. The van der Waals surface area contributed by atoms with E-state index in [0.29, 0.717) is 25.2 Å². The molecule has 0 radical (unpaired) electrons. The average Bonchev–Trinajstić information content (AvgIpc) is 2.95. The fourth-order valence-corrected chi connectivity index (χ4v) is 1.27. The van der Waals surface area contributed by atoms with Crippen LogP contribution in [0.25, 0.3) is 0 Å². The van der Waals surface area contributed by atoms with Crippen LogP contribution >= 0.6 is 0 Å². The Labute approximate surface area is 91.8 Å². The summed E-state index contributed by atoms with van der Waals surface area (Å²) in [5.41, 5.74) is 0. The number of rotatable bonds is 6. The Morgan fingerprint density at radius 1 is 1.47 bits per heavy atom. The van der Waals surface area contributed by atoms with E-state index in [-0.39, 0.29) is 12.1 Å². The van der Waals surface area contributed by atoms with E-state index in [4.69, 9.17) is 4.74 Å². The van der Waals surface area contributed by atoms with Crippen LogP contribution in [0.5, 0.6) is 0 Å². The smallest absolute Gasteiger partial charge is 0.315 e. The summed E-state index contributed by atoms with van der Waals surface area (Å²) in [7, 11) is 0. The van der Waals surface area contributed by atoms with Crippen molar-refractivity contribution in [2.24, 2.45) is 5.92 Å². The highest BCUT2D eigenvalue weighted by molar-refractivity contribution is 5.74. The first-order valence-corrected chi connectivity index (χ1v) is 5.78. The summed E-state index contributed by atoms with van der Waals surface area (Å²) in [6.45, 7) is 7.41. The van der Waals surface area contributed by atoms with Crippen LogP contribution in [0.15, 0.2) is 0 Å². The minimum absolute atomic E-state index is 0.0593. The van der Waals surface area contributed by atoms with Gasteiger partial charge in [0.25, 0.3) is 0 Å². The Morgan fingerprint density at radius 3 is 2.60 bits per heavy atom. The Hall–Kier alpha value is -0.770. The second-order valence-corrected chi connectivity index (χ2v) is 4.40. The number of hydrogen-bond donors (Lipinski definition) is 2. The maximum Gasteiger partial charge on any atom is 0.315 e. The van der Waals surface area contributed by atoms with Crippen molar-refractivity contribution in [2.45, 2.75) is 45.7 Å². The summed E-state index contributed by atoms with van der Waals surface area (Å²) in [6, 6.07) is 0.449. The third-order valence-corrected chi connectivity index (χ3v) is 2.54. The lowest BCUT2D eigenvalue weighted by molar-refractivity contribution is 0.110. The highest BCUT2D eigenvalue weighted by Crippen LogP contribution is 2.18. The second kappa shape index (κ2) is 5.95. The standard InChI is InChI=1S/C11H22N2O2/c1-4-15-7-10(8(2)3)13-11(14)12-9-5-6-9/h8-10H,4-7H2,1-3H3,(H2,12,13,14). The maximum atomic E-state index is 11.5. The van der Waals surface area contributed by atoms with Crippen molar-refractivity contribution in [3.63, 3.8) is 0 Å². The number of carbonyl (C=O) groups is 1. The summed E-state index contributed by atoms with van der Waals surface area (Å²) in [4.78, 5) is 11.5. The number of urea groups is 1. The van der Waals surface area contributed by atoms with Crippen molar-refractivity contribution < 1.29 is 9.53 Å². The molecule has 0 spiro atoms. The Balaban J connectivity index is 2.24. The summed E-state index contributed by atoms with van der Waals surface area (Å²) in [6.07, 6.45) is 2.23. The fourth-order valence-electron chi connectivity index (χ4n) is 1.27. The monoisotopic (exact) mass is 214 g/mol. The van der Waals surface area contributed by atoms with Crippen molar-refractivity contribution in [1.82, 2.24) is 10.6 Å². The van der Waals surface area contributed by atoms with Gasteiger partial charge in [0.2, 0.25) is 0 Å². The third kappa shape index (κ3) is 5.02.